The molecule has 0 bridgehead atoms. The number of hydrogen-bond donors (Lipinski definition) is 0. The van der Waals surface area contributed by atoms with Crippen LogP contribution >= 0.6 is 34.5 Å². The van der Waals surface area contributed by atoms with Gasteiger partial charge in [-0.25, -0.2) is 0 Å². The van der Waals surface area contributed by atoms with Crippen LogP contribution < -0.4 is 4.80 Å². The quantitative estimate of drug-likeness (QED) is 0.330. The summed E-state index contributed by atoms with van der Waals surface area (Å²) in [6.45, 7) is 3.20. The number of hydrogen-bond acceptors (Lipinski definition) is 6. The molecule has 0 N–H and O–H groups in total. The van der Waals surface area contributed by atoms with Gasteiger partial charge in [-0.1, -0.05) is 34.5 Å². The number of benzene rings is 1. The minimum absolute atomic E-state index is 0.223. The van der Waals surface area contributed by atoms with E-state index in [-0.39, 0.29) is 5.76 Å². The minimum atomic E-state index is -0.734. The van der Waals surface area contributed by atoms with Crippen molar-refractivity contribution in [2.24, 2.45) is 4.99 Å². The second kappa shape index (κ2) is 8.22. The van der Waals surface area contributed by atoms with Crippen LogP contribution in [0.5, 0.6) is 0 Å². The average molecular weight is 430 g/mol. The van der Waals surface area contributed by atoms with E-state index in [0.29, 0.717) is 40.1 Å². The molecule has 3 aromatic rings. The molecule has 0 saturated carbocycles. The molecule has 0 aliphatic rings. The number of nitro groups is 1. The molecule has 11 heteroatoms. The lowest BCUT2D eigenvalue weighted by Gasteiger charge is -2.07. The van der Waals surface area contributed by atoms with Gasteiger partial charge >= 0.3 is 11.8 Å². The SMILES string of the molecule is CCOCCn1c(=NC(=O)c2ccc([N+](=O)[O-])o2)sc2ccc(Cl)c(Cl)c21. The molecule has 0 fully saturated rings. The summed E-state index contributed by atoms with van der Waals surface area (Å²) in [5.74, 6) is -1.48. The Balaban J connectivity index is 2.09. The highest BCUT2D eigenvalue weighted by Crippen LogP contribution is 2.32. The van der Waals surface area contributed by atoms with Crippen molar-refractivity contribution in [3.05, 3.63) is 55.0 Å². The molecule has 0 unspecified atom stereocenters. The Hall–Kier alpha value is -2.20. The highest BCUT2D eigenvalue weighted by Gasteiger charge is 2.18. The van der Waals surface area contributed by atoms with Gasteiger partial charge in [0.25, 0.3) is 0 Å². The Labute approximate surface area is 166 Å². The maximum absolute atomic E-state index is 12.4. The van der Waals surface area contributed by atoms with E-state index < -0.39 is 16.7 Å². The van der Waals surface area contributed by atoms with Crippen LogP contribution in [0.15, 0.2) is 33.7 Å². The maximum Gasteiger partial charge on any atom is 0.433 e. The topological polar surface area (TPSA) is 99.9 Å². The lowest BCUT2D eigenvalue weighted by molar-refractivity contribution is -0.402. The fourth-order valence-electron chi connectivity index (χ4n) is 2.38. The number of amides is 1. The number of rotatable bonds is 6. The third kappa shape index (κ3) is 4.06. The van der Waals surface area contributed by atoms with Crippen LogP contribution in [-0.2, 0) is 11.3 Å². The number of thiazole rings is 1. The zero-order chi connectivity index (χ0) is 19.6. The third-order valence-corrected chi connectivity index (χ3v) is 5.42. The van der Waals surface area contributed by atoms with Crippen LogP contribution in [0.2, 0.25) is 10.0 Å². The number of fused-ring (bicyclic) bond motifs is 1. The van der Waals surface area contributed by atoms with Crippen molar-refractivity contribution in [3.63, 3.8) is 0 Å². The maximum atomic E-state index is 12.4. The van der Waals surface area contributed by atoms with E-state index in [4.69, 9.17) is 32.4 Å². The molecule has 1 amide bonds. The lowest BCUT2D eigenvalue weighted by atomic mass is 10.3. The first-order chi connectivity index (χ1) is 12.9. The van der Waals surface area contributed by atoms with E-state index >= 15 is 0 Å². The fourth-order valence-corrected chi connectivity index (χ4v) is 3.92. The second-order valence-electron chi connectivity index (χ2n) is 5.25. The van der Waals surface area contributed by atoms with Crippen molar-refractivity contribution in [2.45, 2.75) is 13.5 Å². The highest BCUT2D eigenvalue weighted by atomic mass is 35.5. The lowest BCUT2D eigenvalue weighted by Crippen LogP contribution is -2.19. The smallest absolute Gasteiger partial charge is 0.395 e. The summed E-state index contributed by atoms with van der Waals surface area (Å²) < 4.78 is 12.8. The van der Waals surface area contributed by atoms with Crippen molar-refractivity contribution in [1.82, 2.24) is 4.57 Å². The number of nitrogens with zero attached hydrogens (tertiary/aromatic N) is 3. The van der Waals surface area contributed by atoms with E-state index in [9.17, 15) is 14.9 Å². The molecule has 2 heterocycles. The van der Waals surface area contributed by atoms with E-state index in [1.54, 1.807) is 16.7 Å². The van der Waals surface area contributed by atoms with Crippen LogP contribution in [0.4, 0.5) is 5.88 Å². The van der Waals surface area contributed by atoms with Crippen LogP contribution in [-0.4, -0.2) is 28.6 Å². The van der Waals surface area contributed by atoms with Crippen LogP contribution in [0.1, 0.15) is 17.5 Å². The van der Waals surface area contributed by atoms with Gasteiger partial charge in [0.15, 0.2) is 4.80 Å². The van der Waals surface area contributed by atoms with Crippen molar-refractivity contribution >= 4 is 56.5 Å². The molecule has 27 heavy (non-hydrogen) atoms. The van der Waals surface area contributed by atoms with Gasteiger partial charge in [0.1, 0.15) is 4.92 Å². The molecule has 3 rings (SSSR count). The van der Waals surface area contributed by atoms with Gasteiger partial charge < -0.3 is 13.7 Å². The van der Waals surface area contributed by atoms with Crippen LogP contribution in [0.25, 0.3) is 10.2 Å². The molecule has 0 atom stereocenters. The van der Waals surface area contributed by atoms with Crippen molar-refractivity contribution in [2.75, 3.05) is 13.2 Å². The standard InChI is InChI=1S/C16H13Cl2N3O5S/c1-2-25-8-7-20-14-11(5-3-9(17)13(14)18)27-16(20)19-15(22)10-4-6-12(26-10)21(23)24/h3-6H,2,7-8H2,1H3. The predicted octanol–water partition coefficient (Wildman–Crippen LogP) is 4.29. The van der Waals surface area contributed by atoms with Gasteiger partial charge in [0.2, 0.25) is 5.76 Å². The number of halogens is 2. The summed E-state index contributed by atoms with van der Waals surface area (Å²) >= 11 is 13.7. The Morgan fingerprint density at radius 1 is 1.37 bits per heavy atom. The predicted molar refractivity (Wildman–Crippen MR) is 102 cm³/mol. The Morgan fingerprint density at radius 2 is 2.15 bits per heavy atom. The number of ether oxygens (including phenoxy) is 1. The van der Waals surface area contributed by atoms with Gasteiger partial charge in [0.05, 0.1) is 32.9 Å². The fraction of sp³-hybridized carbons (Fsp3) is 0.250. The first-order valence-electron chi connectivity index (χ1n) is 7.80. The molecular weight excluding hydrogens is 417 g/mol. The van der Waals surface area contributed by atoms with E-state index in [1.165, 1.54) is 17.4 Å². The van der Waals surface area contributed by atoms with Gasteiger partial charge in [-0.05, 0) is 25.1 Å². The summed E-state index contributed by atoms with van der Waals surface area (Å²) in [6, 6.07) is 5.77. The highest BCUT2D eigenvalue weighted by molar-refractivity contribution is 7.16. The Bertz CT molecular complexity index is 1090. The molecule has 0 aliphatic heterocycles. The first-order valence-corrected chi connectivity index (χ1v) is 9.38. The van der Waals surface area contributed by atoms with E-state index in [2.05, 4.69) is 4.99 Å². The number of furan rings is 1. The zero-order valence-corrected chi connectivity index (χ0v) is 16.3. The normalized spacial score (nSPS) is 12.0. The molecular formula is C16H13Cl2N3O5S. The largest absolute Gasteiger partial charge is 0.433 e. The number of aromatic nitrogens is 1. The summed E-state index contributed by atoms with van der Waals surface area (Å²) in [5.41, 5.74) is 0.644. The minimum Gasteiger partial charge on any atom is -0.395 e. The van der Waals surface area contributed by atoms with E-state index in [0.717, 1.165) is 10.8 Å². The Kier molecular flexibility index (Phi) is 5.95. The van der Waals surface area contributed by atoms with E-state index in [1.807, 2.05) is 6.92 Å². The second-order valence-corrected chi connectivity index (χ2v) is 7.05. The van der Waals surface area contributed by atoms with Gasteiger partial charge in [0, 0.05) is 13.2 Å². The van der Waals surface area contributed by atoms with Gasteiger partial charge in [-0.2, -0.15) is 4.99 Å². The summed E-state index contributed by atoms with van der Waals surface area (Å²) in [5, 5.41) is 11.4. The molecule has 0 radical (unpaired) electrons. The molecule has 0 spiro atoms. The molecule has 0 aliphatic carbocycles. The van der Waals surface area contributed by atoms with Crippen molar-refractivity contribution in [3.8, 4) is 0 Å². The third-order valence-electron chi connectivity index (χ3n) is 3.58. The Morgan fingerprint density at radius 3 is 2.81 bits per heavy atom. The van der Waals surface area contributed by atoms with Gasteiger partial charge in [-0.15, -0.1) is 0 Å². The number of carbonyl (C=O) groups excluding carboxylic acids is 1. The van der Waals surface area contributed by atoms with Gasteiger partial charge in [-0.3, -0.25) is 14.9 Å². The summed E-state index contributed by atoms with van der Waals surface area (Å²) in [6.07, 6.45) is 0. The zero-order valence-electron chi connectivity index (χ0n) is 14.0. The average Bonchev–Trinajstić information content (AvgIpc) is 3.24. The molecule has 2 aromatic heterocycles. The summed E-state index contributed by atoms with van der Waals surface area (Å²) in [7, 11) is 0. The van der Waals surface area contributed by atoms with Crippen molar-refractivity contribution < 1.29 is 18.9 Å². The van der Waals surface area contributed by atoms with Crippen LogP contribution in [0, 0.1) is 10.1 Å². The first kappa shape index (κ1) is 19.6. The molecule has 8 nitrogen and oxygen atoms in total. The monoisotopic (exact) mass is 429 g/mol. The van der Waals surface area contributed by atoms with Crippen LogP contribution in [0.3, 0.4) is 0 Å². The molecule has 1 aromatic carbocycles. The molecule has 142 valence electrons. The molecule has 0 saturated heterocycles. The number of carbonyl (C=O) groups is 1. The van der Waals surface area contributed by atoms with Crippen molar-refractivity contribution in [1.29, 1.82) is 0 Å². The summed E-state index contributed by atoms with van der Waals surface area (Å²) in [4.78, 5) is 26.8.